The van der Waals surface area contributed by atoms with Crippen LogP contribution in [0.4, 0.5) is 0 Å². The van der Waals surface area contributed by atoms with Crippen molar-refractivity contribution in [1.82, 2.24) is 0 Å². The minimum atomic E-state index is -0.683. The quantitative estimate of drug-likeness (QED) is 0.351. The fourth-order valence-electron chi connectivity index (χ4n) is 1.52. The van der Waals surface area contributed by atoms with Gasteiger partial charge in [-0.3, -0.25) is 4.79 Å². The molecular weight excluding hydrogens is 248 g/mol. The molecule has 0 aromatic heterocycles. The van der Waals surface area contributed by atoms with E-state index in [-0.39, 0.29) is 11.4 Å². The van der Waals surface area contributed by atoms with Crippen molar-refractivity contribution in [3.8, 4) is 11.5 Å². The Morgan fingerprint density at radius 1 is 1.11 bits per heavy atom. The minimum Gasteiger partial charge on any atom is -0.497 e. The number of esters is 1. The number of Topliss-reactive ketones (excluding diaryl/α,β-unsaturated/α-hetero) is 1. The summed E-state index contributed by atoms with van der Waals surface area (Å²) in [6.45, 7) is 1.30. The number of ether oxygens (including phenoxy) is 3. The van der Waals surface area contributed by atoms with Crippen LogP contribution in [0.1, 0.15) is 12.5 Å². The molecular formula is C14H16O5. The molecule has 0 amide bonds. The fourth-order valence-corrected chi connectivity index (χ4v) is 1.52. The lowest BCUT2D eigenvalue weighted by Gasteiger charge is -2.08. The average Bonchev–Trinajstić information content (AvgIpc) is 2.43. The smallest absolute Gasteiger partial charge is 0.341 e. The lowest BCUT2D eigenvalue weighted by molar-refractivity contribution is -0.137. The summed E-state index contributed by atoms with van der Waals surface area (Å²) in [5.41, 5.74) is 0.520. The van der Waals surface area contributed by atoms with E-state index in [2.05, 4.69) is 4.74 Å². The van der Waals surface area contributed by atoms with Gasteiger partial charge in [0.05, 0.1) is 21.3 Å². The Labute approximate surface area is 111 Å². The molecule has 1 rings (SSSR count). The predicted octanol–water partition coefficient (Wildman–Crippen LogP) is 1.85. The molecule has 0 fully saturated rings. The number of benzene rings is 1. The molecule has 0 aliphatic carbocycles. The number of carbonyl (C=O) groups excluding carboxylic acids is 2. The highest BCUT2D eigenvalue weighted by Crippen LogP contribution is 2.26. The zero-order valence-electron chi connectivity index (χ0n) is 11.4. The summed E-state index contributed by atoms with van der Waals surface area (Å²) in [7, 11) is 4.26. The fraction of sp³-hybridized carbons (Fsp3) is 0.286. The van der Waals surface area contributed by atoms with Crippen molar-refractivity contribution >= 4 is 17.8 Å². The van der Waals surface area contributed by atoms with E-state index in [0.29, 0.717) is 17.1 Å². The lowest BCUT2D eigenvalue weighted by atomic mass is 10.1. The van der Waals surface area contributed by atoms with E-state index in [1.54, 1.807) is 18.2 Å². The van der Waals surface area contributed by atoms with Crippen LogP contribution in [0.15, 0.2) is 23.8 Å². The van der Waals surface area contributed by atoms with Crippen molar-refractivity contribution in [3.63, 3.8) is 0 Å². The van der Waals surface area contributed by atoms with Crippen LogP contribution in [0.25, 0.3) is 6.08 Å². The number of methoxy groups -OCH3 is 3. The minimum absolute atomic E-state index is 0.0472. The lowest BCUT2D eigenvalue weighted by Crippen LogP contribution is -2.11. The Balaban J connectivity index is 3.33. The molecule has 0 aliphatic heterocycles. The number of rotatable bonds is 5. The average molecular weight is 264 g/mol. The van der Waals surface area contributed by atoms with E-state index >= 15 is 0 Å². The Morgan fingerprint density at radius 3 is 2.26 bits per heavy atom. The molecule has 5 heteroatoms. The summed E-state index contributed by atoms with van der Waals surface area (Å²) in [6.07, 6.45) is 1.43. The van der Waals surface area contributed by atoms with E-state index in [1.165, 1.54) is 34.3 Å². The van der Waals surface area contributed by atoms with Gasteiger partial charge < -0.3 is 14.2 Å². The van der Waals surface area contributed by atoms with E-state index < -0.39 is 5.97 Å². The summed E-state index contributed by atoms with van der Waals surface area (Å²) in [6, 6.07) is 5.09. The van der Waals surface area contributed by atoms with Gasteiger partial charge in [-0.15, -0.1) is 0 Å². The Morgan fingerprint density at radius 2 is 1.79 bits per heavy atom. The topological polar surface area (TPSA) is 61.8 Å². The maximum absolute atomic E-state index is 11.5. The second kappa shape index (κ2) is 6.58. The van der Waals surface area contributed by atoms with E-state index in [4.69, 9.17) is 9.47 Å². The van der Waals surface area contributed by atoms with Crippen molar-refractivity contribution in [2.24, 2.45) is 0 Å². The van der Waals surface area contributed by atoms with Gasteiger partial charge in [0.1, 0.15) is 17.1 Å². The Kier molecular flexibility index (Phi) is 5.11. The molecule has 0 heterocycles. The summed E-state index contributed by atoms with van der Waals surface area (Å²) in [5, 5.41) is 0. The molecule has 0 saturated heterocycles. The van der Waals surface area contributed by atoms with Crippen molar-refractivity contribution in [2.75, 3.05) is 21.3 Å². The maximum atomic E-state index is 11.5. The van der Waals surface area contributed by atoms with Gasteiger partial charge in [0, 0.05) is 5.56 Å². The highest BCUT2D eigenvalue weighted by molar-refractivity contribution is 6.19. The van der Waals surface area contributed by atoms with Gasteiger partial charge >= 0.3 is 5.97 Å². The molecule has 0 spiro atoms. The molecule has 0 saturated carbocycles. The third-order valence-electron chi connectivity index (χ3n) is 2.52. The second-order valence-corrected chi connectivity index (χ2v) is 3.71. The zero-order chi connectivity index (χ0) is 14.4. The first kappa shape index (κ1) is 14.8. The number of ketones is 1. The summed E-state index contributed by atoms with van der Waals surface area (Å²) >= 11 is 0. The molecule has 1 aromatic carbocycles. The van der Waals surface area contributed by atoms with Gasteiger partial charge in [-0.2, -0.15) is 0 Å². The SMILES string of the molecule is COC(=O)/C(=C\c1cc(OC)ccc1OC)C(C)=O. The molecule has 102 valence electrons. The summed E-state index contributed by atoms with van der Waals surface area (Å²) in [4.78, 5) is 23.0. The molecule has 0 bridgehead atoms. The van der Waals surface area contributed by atoms with Crippen LogP contribution in [-0.2, 0) is 14.3 Å². The molecule has 0 unspecified atom stereocenters. The van der Waals surface area contributed by atoms with Crippen LogP contribution in [0.5, 0.6) is 11.5 Å². The zero-order valence-corrected chi connectivity index (χ0v) is 11.4. The third kappa shape index (κ3) is 3.58. The number of hydrogen-bond acceptors (Lipinski definition) is 5. The van der Waals surface area contributed by atoms with Gasteiger partial charge in [-0.05, 0) is 31.2 Å². The van der Waals surface area contributed by atoms with Gasteiger partial charge in [0.25, 0.3) is 0 Å². The van der Waals surface area contributed by atoms with Crippen molar-refractivity contribution < 1.29 is 23.8 Å². The largest absolute Gasteiger partial charge is 0.497 e. The first-order valence-corrected chi connectivity index (χ1v) is 5.56. The summed E-state index contributed by atoms with van der Waals surface area (Å²) in [5.74, 6) is 0.0670. The molecule has 5 nitrogen and oxygen atoms in total. The van der Waals surface area contributed by atoms with Crippen molar-refractivity contribution in [3.05, 3.63) is 29.3 Å². The normalized spacial score (nSPS) is 10.8. The van der Waals surface area contributed by atoms with Crippen LogP contribution in [0, 0.1) is 0 Å². The Bertz CT molecular complexity index is 517. The van der Waals surface area contributed by atoms with Crippen molar-refractivity contribution in [1.29, 1.82) is 0 Å². The molecule has 19 heavy (non-hydrogen) atoms. The van der Waals surface area contributed by atoms with Crippen molar-refractivity contribution in [2.45, 2.75) is 6.92 Å². The van der Waals surface area contributed by atoms with Gasteiger partial charge in [-0.1, -0.05) is 0 Å². The first-order valence-electron chi connectivity index (χ1n) is 5.56. The van der Waals surface area contributed by atoms with Crippen LogP contribution >= 0.6 is 0 Å². The highest BCUT2D eigenvalue weighted by atomic mass is 16.5. The monoisotopic (exact) mass is 264 g/mol. The van der Waals surface area contributed by atoms with Crippen LogP contribution in [-0.4, -0.2) is 33.1 Å². The van der Waals surface area contributed by atoms with Gasteiger partial charge in [-0.25, -0.2) is 4.79 Å². The maximum Gasteiger partial charge on any atom is 0.341 e. The van der Waals surface area contributed by atoms with Crippen LogP contribution < -0.4 is 9.47 Å². The Hall–Kier alpha value is -2.30. The van der Waals surface area contributed by atoms with Gasteiger partial charge in [0.15, 0.2) is 5.78 Å². The van der Waals surface area contributed by atoms with E-state index in [9.17, 15) is 9.59 Å². The standard InChI is InChI=1S/C14H16O5/c1-9(15)12(14(16)19-4)8-10-7-11(17-2)5-6-13(10)18-3/h5-8H,1-4H3/b12-8-. The summed E-state index contributed by atoms with van der Waals surface area (Å²) < 4.78 is 14.8. The molecule has 0 N–H and O–H groups in total. The number of carbonyl (C=O) groups is 2. The van der Waals surface area contributed by atoms with Crippen LogP contribution in [0.3, 0.4) is 0 Å². The predicted molar refractivity (Wildman–Crippen MR) is 70.2 cm³/mol. The van der Waals surface area contributed by atoms with E-state index in [0.717, 1.165) is 0 Å². The molecule has 0 radical (unpaired) electrons. The number of hydrogen-bond donors (Lipinski definition) is 0. The van der Waals surface area contributed by atoms with E-state index in [1.807, 2.05) is 0 Å². The third-order valence-corrected chi connectivity index (χ3v) is 2.52. The van der Waals surface area contributed by atoms with Crippen LogP contribution in [0.2, 0.25) is 0 Å². The van der Waals surface area contributed by atoms with Gasteiger partial charge in [0.2, 0.25) is 0 Å². The first-order chi connectivity index (χ1) is 9.03. The molecule has 0 aliphatic rings. The molecule has 0 atom stereocenters. The highest BCUT2D eigenvalue weighted by Gasteiger charge is 2.16. The molecule has 1 aromatic rings. The second-order valence-electron chi connectivity index (χ2n) is 3.71.